The number of benzene rings is 3. The first-order valence-corrected chi connectivity index (χ1v) is 14.0. The van der Waals surface area contributed by atoms with Gasteiger partial charge in [0.05, 0.1) is 17.1 Å². The minimum Gasteiger partial charge on any atom is -0.406 e. The number of thioether (sulfide) groups is 1. The molecule has 12 heteroatoms. The monoisotopic (exact) mass is 593 g/mol. The molecule has 0 aliphatic carbocycles. The van der Waals surface area contributed by atoms with E-state index in [1.165, 1.54) is 47.0 Å². The average Bonchev–Trinajstić information content (AvgIpc) is 3.55. The van der Waals surface area contributed by atoms with Gasteiger partial charge in [-0.1, -0.05) is 53.7 Å². The topological polar surface area (TPSA) is 89.7 Å². The lowest BCUT2D eigenvalue weighted by atomic mass is 10.0. The molecule has 5 rings (SSSR count). The van der Waals surface area contributed by atoms with Crippen LogP contribution in [0.15, 0.2) is 72.0 Å². The van der Waals surface area contributed by atoms with Crippen LogP contribution in [0.3, 0.4) is 0 Å². The van der Waals surface area contributed by atoms with Crippen LogP contribution in [0.5, 0.6) is 5.75 Å². The zero-order valence-electron chi connectivity index (χ0n) is 23.0. The molecule has 1 fully saturated rings. The second-order valence-electron chi connectivity index (χ2n) is 9.80. The Labute approximate surface area is 244 Å². The number of amides is 2. The number of hydrogen-bond acceptors (Lipinski definition) is 6. The molecule has 2 amide bonds. The van der Waals surface area contributed by atoms with E-state index in [0.29, 0.717) is 23.1 Å². The maximum absolute atomic E-state index is 12.8. The number of aryl methyl sites for hydroxylation is 4. The summed E-state index contributed by atoms with van der Waals surface area (Å²) >= 11 is 1.27. The summed E-state index contributed by atoms with van der Waals surface area (Å²) in [6, 6.07) is 16.7. The predicted octanol–water partition coefficient (Wildman–Crippen LogP) is 6.35. The van der Waals surface area contributed by atoms with Crippen molar-refractivity contribution in [1.82, 2.24) is 14.8 Å². The fourth-order valence-corrected chi connectivity index (χ4v) is 5.61. The molecule has 8 nitrogen and oxygen atoms in total. The highest BCUT2D eigenvalue weighted by Gasteiger charge is 2.32. The number of hydrogen-bond donors (Lipinski definition) is 0. The van der Waals surface area contributed by atoms with Gasteiger partial charge in [0.1, 0.15) is 12.1 Å². The van der Waals surface area contributed by atoms with Crippen molar-refractivity contribution in [2.24, 2.45) is 4.99 Å². The number of nitrogens with zero attached hydrogens (tertiary/aromatic N) is 5. The van der Waals surface area contributed by atoms with E-state index in [0.717, 1.165) is 33.5 Å². The number of carbonyl (C=O) groups excluding carboxylic acids is 2. The fourth-order valence-electron chi connectivity index (χ4n) is 4.74. The van der Waals surface area contributed by atoms with Gasteiger partial charge in [-0.3, -0.25) is 14.5 Å². The van der Waals surface area contributed by atoms with Crippen molar-refractivity contribution in [3.05, 3.63) is 89.2 Å². The molecule has 1 aliphatic heterocycles. The van der Waals surface area contributed by atoms with E-state index in [2.05, 4.69) is 19.8 Å². The summed E-state index contributed by atoms with van der Waals surface area (Å²) in [5.41, 5.74) is 5.97. The number of aromatic nitrogens is 3. The van der Waals surface area contributed by atoms with Crippen LogP contribution in [0.1, 0.15) is 28.7 Å². The van der Waals surface area contributed by atoms with Crippen molar-refractivity contribution in [2.75, 3.05) is 10.7 Å². The molecule has 216 valence electrons. The molecule has 2 heterocycles. The molecule has 42 heavy (non-hydrogen) atoms. The van der Waals surface area contributed by atoms with Gasteiger partial charge in [0.25, 0.3) is 0 Å². The zero-order chi connectivity index (χ0) is 30.0. The van der Waals surface area contributed by atoms with Crippen molar-refractivity contribution in [2.45, 2.75) is 40.0 Å². The van der Waals surface area contributed by atoms with Gasteiger partial charge in [-0.05, 0) is 68.1 Å². The van der Waals surface area contributed by atoms with Crippen LogP contribution in [0.4, 0.5) is 18.9 Å². The summed E-state index contributed by atoms with van der Waals surface area (Å²) in [5.74, 6) is -0.0563. The minimum absolute atomic E-state index is 0.0965. The van der Waals surface area contributed by atoms with Crippen LogP contribution in [0.25, 0.3) is 17.1 Å². The first kappa shape index (κ1) is 29.1. The molecular formula is C30H26F3N5O3S. The van der Waals surface area contributed by atoms with Crippen LogP contribution < -0.4 is 9.64 Å². The Hall–Kier alpha value is -4.45. The van der Waals surface area contributed by atoms with Gasteiger partial charge in [0.15, 0.2) is 11.0 Å². The molecular weight excluding hydrogens is 567 g/mol. The number of rotatable bonds is 7. The molecule has 0 saturated carbocycles. The molecule has 0 N–H and O–H groups in total. The van der Waals surface area contributed by atoms with Crippen LogP contribution in [-0.4, -0.2) is 43.9 Å². The van der Waals surface area contributed by atoms with E-state index in [9.17, 15) is 22.8 Å². The van der Waals surface area contributed by atoms with Crippen LogP contribution in [-0.2, 0) is 16.0 Å². The fraction of sp³-hybridized carbons (Fsp3) is 0.233. The first-order valence-electron chi connectivity index (χ1n) is 13.0. The van der Waals surface area contributed by atoms with Crippen molar-refractivity contribution in [3.63, 3.8) is 0 Å². The highest BCUT2D eigenvalue weighted by molar-refractivity contribution is 8.15. The minimum atomic E-state index is -4.76. The Morgan fingerprint density at radius 1 is 1.02 bits per heavy atom. The Morgan fingerprint density at radius 3 is 2.33 bits per heavy atom. The quantitative estimate of drug-likeness (QED) is 0.248. The summed E-state index contributed by atoms with van der Waals surface area (Å²) in [6.45, 7) is 5.90. The number of alkyl halides is 3. The molecule has 0 bridgehead atoms. The maximum atomic E-state index is 12.8. The molecule has 0 radical (unpaired) electrons. The lowest BCUT2D eigenvalue weighted by Crippen LogP contribution is -2.31. The van der Waals surface area contributed by atoms with E-state index >= 15 is 0 Å². The van der Waals surface area contributed by atoms with Gasteiger partial charge < -0.3 is 4.74 Å². The molecule has 1 saturated heterocycles. The van der Waals surface area contributed by atoms with E-state index in [4.69, 9.17) is 0 Å². The van der Waals surface area contributed by atoms with Gasteiger partial charge in [0, 0.05) is 12.0 Å². The number of anilines is 1. The summed E-state index contributed by atoms with van der Waals surface area (Å²) in [4.78, 5) is 35.6. The molecule has 1 aromatic heterocycles. The van der Waals surface area contributed by atoms with Gasteiger partial charge in [-0.15, -0.1) is 18.3 Å². The Morgan fingerprint density at radius 2 is 1.69 bits per heavy atom. The van der Waals surface area contributed by atoms with E-state index in [-0.39, 0.29) is 29.7 Å². The molecule has 0 atom stereocenters. The van der Waals surface area contributed by atoms with Gasteiger partial charge in [-0.2, -0.15) is 4.99 Å². The van der Waals surface area contributed by atoms with Crippen molar-refractivity contribution >= 4 is 34.4 Å². The molecule has 0 spiro atoms. The average molecular weight is 594 g/mol. The zero-order valence-corrected chi connectivity index (χ0v) is 23.8. The largest absolute Gasteiger partial charge is 0.573 e. The van der Waals surface area contributed by atoms with Crippen molar-refractivity contribution in [3.8, 4) is 22.8 Å². The van der Waals surface area contributed by atoms with Gasteiger partial charge in [0.2, 0.25) is 11.8 Å². The van der Waals surface area contributed by atoms with Crippen molar-refractivity contribution < 1.29 is 27.5 Å². The second-order valence-corrected chi connectivity index (χ2v) is 10.7. The second kappa shape index (κ2) is 11.8. The number of ether oxygens (including phenoxy) is 1. The van der Waals surface area contributed by atoms with Crippen LogP contribution in [0.2, 0.25) is 0 Å². The lowest BCUT2D eigenvalue weighted by Gasteiger charge is -2.21. The summed E-state index contributed by atoms with van der Waals surface area (Å²) in [5, 5.41) is 4.81. The highest BCUT2D eigenvalue weighted by Crippen LogP contribution is 2.33. The van der Waals surface area contributed by atoms with E-state index in [1.54, 1.807) is 4.90 Å². The number of halogens is 3. The number of amidine groups is 1. The van der Waals surface area contributed by atoms with Crippen LogP contribution in [0, 0.1) is 20.8 Å². The number of aliphatic imine (C=N–C) groups is 1. The smallest absolute Gasteiger partial charge is 0.406 e. The Kier molecular flexibility index (Phi) is 8.17. The maximum Gasteiger partial charge on any atom is 0.573 e. The highest BCUT2D eigenvalue weighted by atomic mass is 32.2. The van der Waals surface area contributed by atoms with Gasteiger partial charge in [-0.25, -0.2) is 9.67 Å². The summed E-state index contributed by atoms with van der Waals surface area (Å²) in [6.07, 6.45) is -2.65. The van der Waals surface area contributed by atoms with Gasteiger partial charge >= 0.3 is 6.36 Å². The molecule has 0 unspecified atom stereocenters. The third kappa shape index (κ3) is 6.71. The first-order chi connectivity index (χ1) is 20.0. The normalized spacial score (nSPS) is 14.6. The Balaban J connectivity index is 1.21. The summed E-state index contributed by atoms with van der Waals surface area (Å²) < 4.78 is 42.5. The van der Waals surface area contributed by atoms with E-state index < -0.39 is 6.36 Å². The SMILES string of the molecule is Cc1cc(C)c(N2C(=O)CSC2=NC(=O)CCc2ccc(-c3ncn(-c4ccc(OC(F)(F)F)cc4)n3)cc2)c(C)c1. The third-order valence-corrected chi connectivity index (χ3v) is 7.43. The number of carbonyl (C=O) groups is 2. The third-order valence-electron chi connectivity index (χ3n) is 6.51. The summed E-state index contributed by atoms with van der Waals surface area (Å²) in [7, 11) is 0. The van der Waals surface area contributed by atoms with E-state index in [1.807, 2.05) is 57.2 Å². The molecule has 4 aromatic rings. The Bertz CT molecular complexity index is 1640. The predicted molar refractivity (Wildman–Crippen MR) is 155 cm³/mol. The molecule has 3 aromatic carbocycles. The molecule has 1 aliphatic rings. The standard InChI is InChI=1S/C30H26F3N5O3S/c1-18-14-19(2)27(20(3)15-18)38-26(40)16-42-29(38)35-25(39)13-6-21-4-7-22(8-5-21)28-34-17-37(36-28)23-9-11-24(12-10-23)41-30(31,32)33/h4-5,7-12,14-15,17H,6,13,16H2,1-3H3. The van der Waals surface area contributed by atoms with Crippen LogP contribution >= 0.6 is 11.8 Å². The lowest BCUT2D eigenvalue weighted by molar-refractivity contribution is -0.274. The van der Waals surface area contributed by atoms with Crippen molar-refractivity contribution in [1.29, 1.82) is 0 Å².